The maximum absolute atomic E-state index is 13.3. The molecule has 0 radical (unpaired) electrons. The third kappa shape index (κ3) is 4.23. The van der Waals surface area contributed by atoms with E-state index in [4.69, 9.17) is 4.74 Å². The molecule has 0 bridgehead atoms. The van der Waals surface area contributed by atoms with E-state index < -0.39 is 6.09 Å². The van der Waals surface area contributed by atoms with Crippen LogP contribution in [0.25, 0.3) is 0 Å². The highest BCUT2D eigenvalue weighted by molar-refractivity contribution is 5.94. The van der Waals surface area contributed by atoms with Gasteiger partial charge in [0.25, 0.3) is 0 Å². The van der Waals surface area contributed by atoms with Crippen LogP contribution in [0.5, 0.6) is 5.88 Å². The number of piperidine rings is 1. The Morgan fingerprint density at radius 3 is 2.72 bits per heavy atom. The first kappa shape index (κ1) is 19.4. The first-order chi connectivity index (χ1) is 13.8. The van der Waals surface area contributed by atoms with Gasteiger partial charge in [0, 0.05) is 32.1 Å². The Balaban J connectivity index is 1.38. The van der Waals surface area contributed by atoms with Crippen molar-refractivity contribution < 1.29 is 18.7 Å². The molecule has 2 aliphatic heterocycles. The molecule has 1 fully saturated rings. The number of nitrogens with zero attached hydrogens (tertiary/aromatic N) is 3. The Hall–Kier alpha value is -2.96. The lowest BCUT2D eigenvalue weighted by atomic mass is 9.82. The average molecular weight is 397 g/mol. The molecule has 0 spiro atoms. The van der Waals surface area contributed by atoms with Crippen molar-refractivity contribution in [3.05, 3.63) is 53.5 Å². The zero-order valence-electron chi connectivity index (χ0n) is 16.7. The van der Waals surface area contributed by atoms with E-state index in [0.717, 1.165) is 17.5 Å². The van der Waals surface area contributed by atoms with Gasteiger partial charge in [-0.05, 0) is 47.6 Å². The van der Waals surface area contributed by atoms with Crippen LogP contribution in [0.3, 0.4) is 0 Å². The number of amides is 2. The van der Waals surface area contributed by atoms with Gasteiger partial charge in [-0.25, -0.2) is 14.2 Å². The van der Waals surface area contributed by atoms with Crippen molar-refractivity contribution in [1.82, 2.24) is 9.88 Å². The molecule has 1 aromatic carbocycles. The molecular weight excluding hydrogens is 373 g/mol. The largest absolute Gasteiger partial charge is 0.416 e. The van der Waals surface area contributed by atoms with Crippen LogP contribution in [0.4, 0.5) is 14.9 Å². The van der Waals surface area contributed by atoms with Crippen molar-refractivity contribution in [2.24, 2.45) is 5.41 Å². The summed E-state index contributed by atoms with van der Waals surface area (Å²) >= 11 is 0. The van der Waals surface area contributed by atoms with Gasteiger partial charge in [0.05, 0.1) is 11.9 Å². The van der Waals surface area contributed by atoms with Crippen LogP contribution < -0.4 is 9.64 Å². The number of anilines is 1. The molecule has 2 aliphatic rings. The number of ether oxygens (including phenoxy) is 1. The lowest BCUT2D eigenvalue weighted by Crippen LogP contribution is -2.42. The number of hydrogen-bond donors (Lipinski definition) is 0. The fraction of sp³-hybridized carbons (Fsp3) is 0.409. The molecule has 3 heterocycles. The predicted molar refractivity (Wildman–Crippen MR) is 106 cm³/mol. The van der Waals surface area contributed by atoms with E-state index in [1.807, 2.05) is 0 Å². The zero-order valence-corrected chi connectivity index (χ0v) is 16.7. The lowest BCUT2D eigenvalue weighted by molar-refractivity contribution is -0.122. The number of rotatable bonds is 2. The number of carbonyl (C=O) groups excluding carboxylic acids is 2. The highest BCUT2D eigenvalue weighted by atomic mass is 19.1. The number of hydrogen-bond acceptors (Lipinski definition) is 4. The summed E-state index contributed by atoms with van der Waals surface area (Å²) in [5.74, 6) is 0.00414. The normalized spacial score (nSPS) is 18.4. The van der Waals surface area contributed by atoms with E-state index in [9.17, 15) is 14.0 Å². The van der Waals surface area contributed by atoms with E-state index in [-0.39, 0.29) is 23.0 Å². The number of halogens is 1. The third-order valence-corrected chi connectivity index (χ3v) is 5.61. The molecule has 0 N–H and O–H groups in total. The monoisotopic (exact) mass is 397 g/mol. The van der Waals surface area contributed by atoms with Gasteiger partial charge >= 0.3 is 6.09 Å². The van der Waals surface area contributed by atoms with Gasteiger partial charge in [-0.1, -0.05) is 19.9 Å². The molecule has 29 heavy (non-hydrogen) atoms. The van der Waals surface area contributed by atoms with Crippen molar-refractivity contribution in [3.63, 3.8) is 0 Å². The molecule has 2 aromatic rings. The van der Waals surface area contributed by atoms with Crippen molar-refractivity contribution >= 4 is 17.7 Å². The number of fused-ring (bicyclic) bond motifs is 1. The van der Waals surface area contributed by atoms with Crippen LogP contribution in [0.2, 0.25) is 0 Å². The van der Waals surface area contributed by atoms with E-state index >= 15 is 0 Å². The maximum Gasteiger partial charge on any atom is 0.416 e. The van der Waals surface area contributed by atoms with Crippen molar-refractivity contribution in [2.75, 3.05) is 18.0 Å². The molecule has 4 rings (SSSR count). The molecule has 7 heteroatoms. The summed E-state index contributed by atoms with van der Waals surface area (Å²) in [4.78, 5) is 32.4. The van der Waals surface area contributed by atoms with Gasteiger partial charge in [0.15, 0.2) is 0 Å². The smallest absolute Gasteiger partial charge is 0.391 e. The first-order valence-electron chi connectivity index (χ1n) is 9.81. The van der Waals surface area contributed by atoms with Crippen molar-refractivity contribution in [2.45, 2.75) is 39.7 Å². The van der Waals surface area contributed by atoms with Crippen LogP contribution in [-0.4, -0.2) is 35.0 Å². The fourth-order valence-corrected chi connectivity index (χ4v) is 3.83. The Morgan fingerprint density at radius 2 is 2.00 bits per heavy atom. The zero-order chi connectivity index (χ0) is 20.6. The van der Waals surface area contributed by atoms with Crippen LogP contribution in [0.1, 0.15) is 37.8 Å². The molecular formula is C22H24FN3O3. The van der Waals surface area contributed by atoms with E-state index in [0.29, 0.717) is 38.2 Å². The second-order valence-electron chi connectivity index (χ2n) is 8.44. The van der Waals surface area contributed by atoms with Gasteiger partial charge < -0.3 is 14.5 Å². The topological polar surface area (TPSA) is 62.7 Å². The second kappa shape index (κ2) is 7.46. The van der Waals surface area contributed by atoms with Crippen LogP contribution in [0, 0.1) is 11.2 Å². The Labute approximate surface area is 169 Å². The fourth-order valence-electron chi connectivity index (χ4n) is 3.83. The van der Waals surface area contributed by atoms with Crippen LogP contribution >= 0.6 is 0 Å². The number of aromatic nitrogens is 1. The standard InChI is InChI=1S/C22H24FN3O3/c1-22(2)8-10-26(20(27)12-22)18-5-6-19(24-13-18)29-21(28)25-9-7-15-11-17(23)4-3-16(15)14-25/h3-6,11,13H,7-10,12,14H2,1-2H3. The van der Waals surface area contributed by atoms with E-state index in [1.54, 1.807) is 34.2 Å². The van der Waals surface area contributed by atoms with E-state index in [1.165, 1.54) is 12.1 Å². The maximum atomic E-state index is 13.3. The average Bonchev–Trinajstić information content (AvgIpc) is 2.68. The molecule has 0 saturated carbocycles. The molecule has 6 nitrogen and oxygen atoms in total. The van der Waals surface area contributed by atoms with Gasteiger partial charge in [-0.3, -0.25) is 4.79 Å². The predicted octanol–water partition coefficient (Wildman–Crippen LogP) is 3.93. The minimum absolute atomic E-state index is 0.0231. The summed E-state index contributed by atoms with van der Waals surface area (Å²) in [6.07, 6.45) is 3.09. The van der Waals surface area contributed by atoms with Gasteiger partial charge in [-0.15, -0.1) is 0 Å². The van der Waals surface area contributed by atoms with Gasteiger partial charge in [-0.2, -0.15) is 0 Å². The van der Waals surface area contributed by atoms with Crippen molar-refractivity contribution in [3.8, 4) is 5.88 Å². The Morgan fingerprint density at radius 1 is 1.17 bits per heavy atom. The van der Waals surface area contributed by atoms with Gasteiger partial charge in [0.1, 0.15) is 5.82 Å². The molecule has 0 unspecified atom stereocenters. The molecule has 1 aromatic heterocycles. The molecule has 1 saturated heterocycles. The summed E-state index contributed by atoms with van der Waals surface area (Å²) in [6, 6.07) is 7.97. The third-order valence-electron chi connectivity index (χ3n) is 5.61. The number of benzene rings is 1. The van der Waals surface area contributed by atoms with Gasteiger partial charge in [0.2, 0.25) is 11.8 Å². The summed E-state index contributed by atoms with van der Waals surface area (Å²) in [5.41, 5.74) is 2.57. The minimum atomic E-state index is -0.490. The Kier molecular flexibility index (Phi) is 4.98. The van der Waals surface area contributed by atoms with Crippen LogP contribution in [0.15, 0.2) is 36.5 Å². The summed E-state index contributed by atoms with van der Waals surface area (Å²) in [7, 11) is 0. The summed E-state index contributed by atoms with van der Waals surface area (Å²) < 4.78 is 18.7. The molecule has 0 aliphatic carbocycles. The quantitative estimate of drug-likeness (QED) is 0.770. The molecule has 2 amide bonds. The Bertz CT molecular complexity index is 943. The number of carbonyl (C=O) groups is 2. The first-order valence-corrected chi connectivity index (χ1v) is 9.81. The highest BCUT2D eigenvalue weighted by Crippen LogP contribution is 2.33. The molecule has 152 valence electrons. The lowest BCUT2D eigenvalue weighted by Gasteiger charge is -2.36. The van der Waals surface area contributed by atoms with Crippen LogP contribution in [-0.2, 0) is 17.8 Å². The minimum Gasteiger partial charge on any atom is -0.391 e. The number of pyridine rings is 1. The highest BCUT2D eigenvalue weighted by Gasteiger charge is 2.32. The van der Waals surface area contributed by atoms with E-state index in [2.05, 4.69) is 18.8 Å². The summed E-state index contributed by atoms with van der Waals surface area (Å²) in [6.45, 7) is 5.69. The summed E-state index contributed by atoms with van der Waals surface area (Å²) in [5, 5.41) is 0. The SMILES string of the molecule is CC1(C)CCN(c2ccc(OC(=O)N3CCc4cc(F)ccc4C3)nc2)C(=O)C1. The van der Waals surface area contributed by atoms with Crippen molar-refractivity contribution in [1.29, 1.82) is 0 Å². The molecule has 0 atom stereocenters. The second-order valence-corrected chi connectivity index (χ2v) is 8.44.